The minimum absolute atomic E-state index is 0.133. The molecule has 1 aliphatic heterocycles. The molecule has 1 N–H and O–H groups in total. The molecule has 5 rings (SSSR count). The first-order valence-corrected chi connectivity index (χ1v) is 9.99. The van der Waals surface area contributed by atoms with Crippen LogP contribution in [0.4, 0.5) is 5.82 Å². The summed E-state index contributed by atoms with van der Waals surface area (Å²) in [6.07, 6.45) is 6.53. The second-order valence-electron chi connectivity index (χ2n) is 7.81. The number of nitrogens with zero attached hydrogens (tertiary/aromatic N) is 3. The summed E-state index contributed by atoms with van der Waals surface area (Å²) in [5, 5.41) is 7.62. The van der Waals surface area contributed by atoms with Gasteiger partial charge in [0, 0.05) is 11.1 Å². The van der Waals surface area contributed by atoms with Crippen molar-refractivity contribution >= 4 is 35.1 Å². The average Bonchev–Trinajstić information content (AvgIpc) is 3.45. The fraction of sp³-hybridized carbons (Fsp3) is 0.333. The molecular formula is C21H19ClN4O3. The second kappa shape index (κ2) is 6.84. The number of carbonyl (C=O) groups is 3. The Morgan fingerprint density at radius 2 is 1.86 bits per heavy atom. The molecule has 29 heavy (non-hydrogen) atoms. The van der Waals surface area contributed by atoms with Gasteiger partial charge < -0.3 is 5.32 Å². The summed E-state index contributed by atoms with van der Waals surface area (Å²) in [5.41, 5.74) is 0.942. The van der Waals surface area contributed by atoms with Gasteiger partial charge in [-0.25, -0.2) is 4.68 Å². The van der Waals surface area contributed by atoms with E-state index in [0.29, 0.717) is 17.4 Å². The highest BCUT2D eigenvalue weighted by Crippen LogP contribution is 2.52. The van der Waals surface area contributed by atoms with Crippen LogP contribution < -0.4 is 5.32 Å². The van der Waals surface area contributed by atoms with Crippen molar-refractivity contribution in [2.75, 3.05) is 11.9 Å². The lowest BCUT2D eigenvalue weighted by Crippen LogP contribution is -2.39. The molecule has 7 nitrogen and oxygen atoms in total. The Morgan fingerprint density at radius 3 is 2.55 bits per heavy atom. The second-order valence-corrected chi connectivity index (χ2v) is 8.25. The summed E-state index contributed by atoms with van der Waals surface area (Å²) in [5.74, 6) is -0.686. The summed E-state index contributed by atoms with van der Waals surface area (Å²) in [7, 11) is 0. The number of anilines is 1. The fourth-order valence-corrected chi connectivity index (χ4v) is 5.03. The van der Waals surface area contributed by atoms with E-state index in [1.54, 1.807) is 23.0 Å². The number of halogens is 1. The Morgan fingerprint density at radius 1 is 1.14 bits per heavy atom. The number of likely N-dealkylation sites (tertiary alicyclic amines) is 1. The number of amides is 3. The van der Waals surface area contributed by atoms with Crippen LogP contribution in [0.3, 0.4) is 0 Å². The third kappa shape index (κ3) is 3.06. The number of nitrogens with one attached hydrogen (secondary N) is 1. The lowest BCUT2D eigenvalue weighted by atomic mass is 9.85. The van der Waals surface area contributed by atoms with Crippen LogP contribution in [0.1, 0.15) is 12.0 Å². The average molecular weight is 411 g/mol. The largest absolute Gasteiger partial charge is 0.309 e. The molecule has 1 saturated carbocycles. The van der Waals surface area contributed by atoms with E-state index in [4.69, 9.17) is 11.6 Å². The van der Waals surface area contributed by atoms with E-state index in [1.807, 2.05) is 30.4 Å². The highest BCUT2D eigenvalue weighted by Gasteiger charge is 2.59. The van der Waals surface area contributed by atoms with Crippen LogP contribution in [0.5, 0.6) is 0 Å². The van der Waals surface area contributed by atoms with Gasteiger partial charge in [0.15, 0.2) is 0 Å². The van der Waals surface area contributed by atoms with Gasteiger partial charge in [0.1, 0.15) is 12.4 Å². The highest BCUT2D eigenvalue weighted by molar-refractivity contribution is 6.30. The molecule has 0 unspecified atom stereocenters. The highest BCUT2D eigenvalue weighted by atomic mass is 35.5. The van der Waals surface area contributed by atoms with Crippen LogP contribution in [0.2, 0.25) is 5.02 Å². The van der Waals surface area contributed by atoms with Gasteiger partial charge in [-0.05, 0) is 36.0 Å². The lowest BCUT2D eigenvalue weighted by molar-refractivity contribution is -0.143. The first-order chi connectivity index (χ1) is 14.0. The molecule has 2 aromatic rings. The minimum atomic E-state index is -0.417. The standard InChI is InChI=1S/C21H19ClN4O3/c22-15-3-1-2-12(8-15)10-26-16(6-7-23-26)24-17(27)11-25-20(28)18-13-4-5-14(9-13)19(18)21(25)29/h1-8,13-14,18-19H,9-11H2,(H,24,27)/t13-,14-,18-,19-/m0/s1. The zero-order chi connectivity index (χ0) is 20.1. The van der Waals surface area contributed by atoms with Crippen LogP contribution in [0.15, 0.2) is 48.7 Å². The van der Waals surface area contributed by atoms with Crippen LogP contribution in [-0.2, 0) is 20.9 Å². The number of imide groups is 1. The Labute approximate surface area is 172 Å². The summed E-state index contributed by atoms with van der Waals surface area (Å²) in [6.45, 7) is 0.163. The van der Waals surface area contributed by atoms with Crippen molar-refractivity contribution in [2.24, 2.45) is 23.7 Å². The molecule has 1 saturated heterocycles. The van der Waals surface area contributed by atoms with Gasteiger partial charge in [-0.2, -0.15) is 5.10 Å². The molecule has 2 bridgehead atoms. The number of carbonyl (C=O) groups excluding carboxylic acids is 3. The first kappa shape index (κ1) is 18.1. The number of allylic oxidation sites excluding steroid dienone is 2. The van der Waals surface area contributed by atoms with Gasteiger partial charge in [-0.3, -0.25) is 19.3 Å². The summed E-state index contributed by atoms with van der Waals surface area (Å²) < 4.78 is 1.63. The van der Waals surface area contributed by atoms with Crippen molar-refractivity contribution in [1.82, 2.24) is 14.7 Å². The van der Waals surface area contributed by atoms with E-state index < -0.39 is 5.91 Å². The van der Waals surface area contributed by atoms with E-state index in [9.17, 15) is 14.4 Å². The van der Waals surface area contributed by atoms with E-state index in [-0.39, 0.29) is 42.0 Å². The van der Waals surface area contributed by atoms with Crippen LogP contribution >= 0.6 is 11.6 Å². The monoisotopic (exact) mass is 410 g/mol. The van der Waals surface area contributed by atoms with Crippen molar-refractivity contribution in [3.8, 4) is 0 Å². The molecule has 3 amide bonds. The topological polar surface area (TPSA) is 84.3 Å². The van der Waals surface area contributed by atoms with Crippen molar-refractivity contribution in [3.05, 3.63) is 59.3 Å². The van der Waals surface area contributed by atoms with Gasteiger partial charge in [0.25, 0.3) is 0 Å². The number of rotatable bonds is 5. The number of hydrogen-bond donors (Lipinski definition) is 1. The predicted octanol–water partition coefficient (Wildman–Crippen LogP) is 2.33. The zero-order valence-electron chi connectivity index (χ0n) is 15.5. The summed E-state index contributed by atoms with van der Waals surface area (Å²) >= 11 is 6.02. The van der Waals surface area contributed by atoms with Crippen LogP contribution in [0.25, 0.3) is 0 Å². The Bertz CT molecular complexity index is 1020. The molecule has 2 aliphatic carbocycles. The molecule has 2 fully saturated rings. The predicted molar refractivity (Wildman–Crippen MR) is 106 cm³/mol. The Kier molecular flexibility index (Phi) is 4.28. The first-order valence-electron chi connectivity index (χ1n) is 9.61. The van der Waals surface area contributed by atoms with Crippen molar-refractivity contribution in [1.29, 1.82) is 0 Å². The van der Waals surface area contributed by atoms with Gasteiger partial charge in [-0.15, -0.1) is 0 Å². The van der Waals surface area contributed by atoms with Crippen molar-refractivity contribution < 1.29 is 14.4 Å². The normalized spacial score (nSPS) is 27.0. The molecule has 0 radical (unpaired) electrons. The number of aromatic nitrogens is 2. The van der Waals surface area contributed by atoms with E-state index in [2.05, 4.69) is 10.4 Å². The van der Waals surface area contributed by atoms with Crippen LogP contribution in [0, 0.1) is 23.7 Å². The van der Waals surface area contributed by atoms with E-state index in [0.717, 1.165) is 16.9 Å². The number of benzene rings is 1. The fourth-order valence-electron chi connectivity index (χ4n) is 4.82. The van der Waals surface area contributed by atoms with Gasteiger partial charge in [0.05, 0.1) is 24.6 Å². The summed E-state index contributed by atoms with van der Waals surface area (Å²) in [6, 6.07) is 9.06. The molecule has 2 heterocycles. The number of hydrogen-bond acceptors (Lipinski definition) is 4. The molecule has 148 valence electrons. The van der Waals surface area contributed by atoms with E-state index >= 15 is 0 Å². The maximum absolute atomic E-state index is 12.7. The zero-order valence-corrected chi connectivity index (χ0v) is 16.2. The molecule has 1 aromatic heterocycles. The quantitative estimate of drug-likeness (QED) is 0.605. The van der Waals surface area contributed by atoms with Crippen LogP contribution in [-0.4, -0.2) is 38.9 Å². The molecule has 1 aromatic carbocycles. The molecule has 0 spiro atoms. The molecular weight excluding hydrogens is 392 g/mol. The maximum atomic E-state index is 12.7. The number of fused-ring (bicyclic) bond motifs is 5. The smallest absolute Gasteiger partial charge is 0.245 e. The minimum Gasteiger partial charge on any atom is -0.309 e. The van der Waals surface area contributed by atoms with Crippen molar-refractivity contribution in [3.63, 3.8) is 0 Å². The molecule has 3 aliphatic rings. The molecule has 8 heteroatoms. The lowest BCUT2D eigenvalue weighted by Gasteiger charge is -2.17. The third-order valence-electron chi connectivity index (χ3n) is 6.07. The SMILES string of the molecule is O=C(CN1C(=O)[C@@H]2[C@@H](C1=O)[C@H]1C=C[C@H]2C1)Nc1ccnn1Cc1cccc(Cl)c1. The maximum Gasteiger partial charge on any atom is 0.245 e. The molecule has 4 atom stereocenters. The summed E-state index contributed by atoms with van der Waals surface area (Å²) in [4.78, 5) is 39.2. The van der Waals surface area contributed by atoms with Gasteiger partial charge in [0.2, 0.25) is 17.7 Å². The van der Waals surface area contributed by atoms with Gasteiger partial charge >= 0.3 is 0 Å². The van der Waals surface area contributed by atoms with Crippen molar-refractivity contribution in [2.45, 2.75) is 13.0 Å². The van der Waals surface area contributed by atoms with Gasteiger partial charge in [-0.1, -0.05) is 35.9 Å². The third-order valence-corrected chi connectivity index (χ3v) is 6.30. The Hall–Kier alpha value is -2.93. The Balaban J connectivity index is 1.26. The van der Waals surface area contributed by atoms with E-state index in [1.165, 1.54) is 0 Å².